The Labute approximate surface area is 150 Å². The Kier molecular flexibility index (Phi) is 5.98. The molecule has 0 aliphatic rings. The molecule has 0 atom stereocenters. The zero-order chi connectivity index (χ0) is 17.7. The standard InChI is InChI=1S/C18H21BrN4O/c1-11-6-12(2)8-15(7-11)22-18(20)21-10-17(24)23-16-9-14(19)5-4-13(16)3/h4-9H,10H2,1-3H3,(H,23,24)(H3,20,21,22). The fourth-order valence-electron chi connectivity index (χ4n) is 2.31. The van der Waals surface area contributed by atoms with Gasteiger partial charge in [0.15, 0.2) is 5.96 Å². The van der Waals surface area contributed by atoms with Crippen LogP contribution in [0.3, 0.4) is 0 Å². The number of aliphatic imine (C=N–C) groups is 1. The number of halogens is 1. The summed E-state index contributed by atoms with van der Waals surface area (Å²) in [6, 6.07) is 11.7. The van der Waals surface area contributed by atoms with Crippen molar-refractivity contribution in [3.8, 4) is 0 Å². The fraction of sp³-hybridized carbons (Fsp3) is 0.222. The topological polar surface area (TPSA) is 79.5 Å². The summed E-state index contributed by atoms with van der Waals surface area (Å²) in [7, 11) is 0. The number of carbonyl (C=O) groups excluding carboxylic acids is 1. The van der Waals surface area contributed by atoms with Crippen LogP contribution in [0.4, 0.5) is 11.4 Å². The van der Waals surface area contributed by atoms with E-state index in [-0.39, 0.29) is 18.4 Å². The molecular formula is C18H21BrN4O. The predicted octanol–water partition coefficient (Wildman–Crippen LogP) is 3.74. The quantitative estimate of drug-likeness (QED) is 0.551. The van der Waals surface area contributed by atoms with E-state index in [0.29, 0.717) is 0 Å². The van der Waals surface area contributed by atoms with Gasteiger partial charge in [-0.2, -0.15) is 0 Å². The van der Waals surface area contributed by atoms with Gasteiger partial charge in [0.05, 0.1) is 0 Å². The second-order valence-electron chi connectivity index (χ2n) is 5.71. The molecule has 0 bridgehead atoms. The third-order valence-corrected chi connectivity index (χ3v) is 3.85. The molecular weight excluding hydrogens is 368 g/mol. The highest BCUT2D eigenvalue weighted by molar-refractivity contribution is 9.10. The summed E-state index contributed by atoms with van der Waals surface area (Å²) >= 11 is 3.39. The number of benzene rings is 2. The highest BCUT2D eigenvalue weighted by Gasteiger charge is 2.05. The number of nitrogens with one attached hydrogen (secondary N) is 2. The van der Waals surface area contributed by atoms with Crippen molar-refractivity contribution >= 4 is 39.2 Å². The van der Waals surface area contributed by atoms with Crippen LogP contribution in [0, 0.1) is 20.8 Å². The number of guanidine groups is 1. The van der Waals surface area contributed by atoms with E-state index in [1.54, 1.807) is 0 Å². The van der Waals surface area contributed by atoms with Crippen molar-refractivity contribution in [3.05, 3.63) is 57.6 Å². The van der Waals surface area contributed by atoms with Crippen LogP contribution in [-0.2, 0) is 4.79 Å². The molecule has 0 saturated carbocycles. The molecule has 0 aliphatic heterocycles. The number of nitrogens with two attached hydrogens (primary N) is 1. The average Bonchev–Trinajstić information content (AvgIpc) is 2.48. The second-order valence-corrected chi connectivity index (χ2v) is 6.63. The van der Waals surface area contributed by atoms with Crippen LogP contribution in [0.5, 0.6) is 0 Å². The van der Waals surface area contributed by atoms with Crippen molar-refractivity contribution in [1.82, 2.24) is 0 Å². The molecule has 0 radical (unpaired) electrons. The normalized spacial score (nSPS) is 11.2. The summed E-state index contributed by atoms with van der Waals surface area (Å²) < 4.78 is 0.905. The smallest absolute Gasteiger partial charge is 0.246 e. The molecule has 0 fully saturated rings. The number of nitrogens with zero attached hydrogens (tertiary/aromatic N) is 1. The lowest BCUT2D eigenvalue weighted by molar-refractivity contribution is -0.114. The van der Waals surface area contributed by atoms with Crippen LogP contribution >= 0.6 is 15.9 Å². The summed E-state index contributed by atoms with van der Waals surface area (Å²) in [6.45, 7) is 5.91. The number of amides is 1. The zero-order valence-corrected chi connectivity index (χ0v) is 15.6. The van der Waals surface area contributed by atoms with Crippen molar-refractivity contribution in [1.29, 1.82) is 0 Å². The van der Waals surface area contributed by atoms with Gasteiger partial charge in [0.1, 0.15) is 6.54 Å². The molecule has 0 spiro atoms. The largest absolute Gasteiger partial charge is 0.370 e. The van der Waals surface area contributed by atoms with Gasteiger partial charge >= 0.3 is 0 Å². The Bertz CT molecular complexity index is 766. The number of carbonyl (C=O) groups is 1. The van der Waals surface area contributed by atoms with Crippen molar-refractivity contribution < 1.29 is 4.79 Å². The van der Waals surface area contributed by atoms with E-state index < -0.39 is 0 Å². The summed E-state index contributed by atoms with van der Waals surface area (Å²) in [6.07, 6.45) is 0. The van der Waals surface area contributed by atoms with E-state index in [4.69, 9.17) is 5.73 Å². The molecule has 0 unspecified atom stereocenters. The van der Waals surface area contributed by atoms with Crippen LogP contribution in [-0.4, -0.2) is 18.4 Å². The summed E-state index contributed by atoms with van der Waals surface area (Å²) in [5.41, 5.74) is 10.7. The Balaban J connectivity index is 1.96. The minimum atomic E-state index is -0.221. The second kappa shape index (κ2) is 7.97. The minimum Gasteiger partial charge on any atom is -0.370 e. The van der Waals surface area contributed by atoms with Gasteiger partial charge in [-0.25, -0.2) is 4.99 Å². The number of anilines is 2. The summed E-state index contributed by atoms with van der Waals surface area (Å²) in [5, 5.41) is 5.83. The molecule has 2 rings (SSSR count). The Hall–Kier alpha value is -2.34. The predicted molar refractivity (Wildman–Crippen MR) is 104 cm³/mol. The van der Waals surface area contributed by atoms with E-state index in [9.17, 15) is 4.79 Å². The zero-order valence-electron chi connectivity index (χ0n) is 14.0. The van der Waals surface area contributed by atoms with Crippen molar-refractivity contribution in [2.45, 2.75) is 20.8 Å². The number of rotatable bonds is 4. The molecule has 2 aromatic rings. The van der Waals surface area contributed by atoms with Gasteiger partial charge in [0, 0.05) is 15.8 Å². The molecule has 1 amide bonds. The molecule has 5 nitrogen and oxygen atoms in total. The third-order valence-electron chi connectivity index (χ3n) is 3.36. The van der Waals surface area contributed by atoms with Gasteiger partial charge in [-0.15, -0.1) is 0 Å². The van der Waals surface area contributed by atoms with Gasteiger partial charge in [-0.1, -0.05) is 28.1 Å². The number of aryl methyl sites for hydroxylation is 3. The average molecular weight is 389 g/mol. The monoisotopic (exact) mass is 388 g/mol. The first-order chi connectivity index (χ1) is 11.3. The SMILES string of the molecule is Cc1cc(C)cc(NC(N)=NCC(=O)Nc2cc(Br)ccc2C)c1. The molecule has 0 saturated heterocycles. The molecule has 0 aliphatic carbocycles. The first-order valence-electron chi connectivity index (χ1n) is 7.55. The molecule has 126 valence electrons. The molecule has 6 heteroatoms. The minimum absolute atomic E-state index is 0.0460. The van der Waals surface area contributed by atoms with E-state index in [1.807, 2.05) is 51.1 Å². The lowest BCUT2D eigenvalue weighted by Crippen LogP contribution is -2.25. The molecule has 0 aromatic heterocycles. The van der Waals surface area contributed by atoms with Gasteiger partial charge in [-0.3, -0.25) is 4.79 Å². The number of hydrogen-bond donors (Lipinski definition) is 3. The van der Waals surface area contributed by atoms with E-state index >= 15 is 0 Å². The van der Waals surface area contributed by atoms with Gasteiger partial charge in [0.25, 0.3) is 0 Å². The lowest BCUT2D eigenvalue weighted by Gasteiger charge is -2.09. The van der Waals surface area contributed by atoms with Gasteiger partial charge in [-0.05, 0) is 61.7 Å². The first kappa shape index (κ1) is 18.0. The van der Waals surface area contributed by atoms with E-state index in [2.05, 4.69) is 37.6 Å². The maximum absolute atomic E-state index is 12.0. The van der Waals surface area contributed by atoms with Crippen molar-refractivity contribution in [2.75, 3.05) is 17.2 Å². The Morgan fingerprint density at radius 2 is 1.75 bits per heavy atom. The molecule has 0 heterocycles. The van der Waals surface area contributed by atoms with Crippen LogP contribution in [0.25, 0.3) is 0 Å². The highest BCUT2D eigenvalue weighted by atomic mass is 79.9. The maximum atomic E-state index is 12.0. The van der Waals surface area contributed by atoms with E-state index in [0.717, 1.165) is 32.5 Å². The fourth-order valence-corrected chi connectivity index (χ4v) is 2.67. The highest BCUT2D eigenvalue weighted by Crippen LogP contribution is 2.20. The lowest BCUT2D eigenvalue weighted by atomic mass is 10.1. The molecule has 2 aromatic carbocycles. The Morgan fingerprint density at radius 1 is 1.08 bits per heavy atom. The third kappa shape index (κ3) is 5.38. The van der Waals surface area contributed by atoms with Gasteiger partial charge in [0.2, 0.25) is 5.91 Å². The molecule has 24 heavy (non-hydrogen) atoms. The summed E-state index contributed by atoms with van der Waals surface area (Å²) in [5.74, 6) is -0.0116. The van der Waals surface area contributed by atoms with Crippen molar-refractivity contribution in [3.63, 3.8) is 0 Å². The number of hydrogen-bond acceptors (Lipinski definition) is 2. The van der Waals surface area contributed by atoms with E-state index in [1.165, 1.54) is 0 Å². The Morgan fingerprint density at radius 3 is 2.42 bits per heavy atom. The maximum Gasteiger partial charge on any atom is 0.246 e. The first-order valence-corrected chi connectivity index (χ1v) is 8.34. The van der Waals surface area contributed by atoms with Crippen molar-refractivity contribution in [2.24, 2.45) is 10.7 Å². The van der Waals surface area contributed by atoms with Crippen LogP contribution in [0.2, 0.25) is 0 Å². The van der Waals surface area contributed by atoms with Gasteiger partial charge < -0.3 is 16.4 Å². The van der Waals surface area contributed by atoms with Crippen LogP contribution in [0.1, 0.15) is 16.7 Å². The summed E-state index contributed by atoms with van der Waals surface area (Å²) in [4.78, 5) is 16.1. The van der Waals surface area contributed by atoms with Crippen LogP contribution in [0.15, 0.2) is 45.9 Å². The molecule has 4 N–H and O–H groups in total. The van der Waals surface area contributed by atoms with Crippen LogP contribution < -0.4 is 16.4 Å².